The molecule has 212 valence electrons. The van der Waals surface area contributed by atoms with Gasteiger partial charge in [-0.05, 0) is 60.0 Å². The van der Waals surface area contributed by atoms with Gasteiger partial charge in [-0.1, -0.05) is 37.5 Å². The van der Waals surface area contributed by atoms with Crippen LogP contribution in [-0.4, -0.2) is 49.8 Å². The van der Waals surface area contributed by atoms with E-state index in [2.05, 4.69) is 20.7 Å². The van der Waals surface area contributed by atoms with E-state index in [1.54, 1.807) is 36.4 Å². The maximum absolute atomic E-state index is 14.3. The molecule has 1 saturated carbocycles. The Morgan fingerprint density at radius 2 is 1.88 bits per heavy atom. The van der Waals surface area contributed by atoms with E-state index >= 15 is 0 Å². The zero-order chi connectivity index (χ0) is 28.2. The second-order valence-corrected chi connectivity index (χ2v) is 10.1. The second kappa shape index (κ2) is 11.8. The summed E-state index contributed by atoms with van der Waals surface area (Å²) in [5.41, 5.74) is 0.895. The highest BCUT2D eigenvalue weighted by Gasteiger charge is 2.35. The van der Waals surface area contributed by atoms with Crippen molar-refractivity contribution in [3.8, 4) is 22.9 Å². The fraction of sp³-hybridized carbons (Fsp3) is 0.345. The molecule has 0 bridgehead atoms. The van der Waals surface area contributed by atoms with Crippen molar-refractivity contribution in [1.82, 2.24) is 30.4 Å². The van der Waals surface area contributed by atoms with E-state index in [-0.39, 0.29) is 43.2 Å². The van der Waals surface area contributed by atoms with Gasteiger partial charge in [-0.2, -0.15) is 4.80 Å². The quantitative estimate of drug-likeness (QED) is 0.326. The van der Waals surface area contributed by atoms with Crippen molar-refractivity contribution in [2.24, 2.45) is 0 Å². The highest BCUT2D eigenvalue weighted by atomic mass is 19.1. The van der Waals surface area contributed by atoms with Gasteiger partial charge in [0.05, 0.1) is 11.8 Å². The van der Waals surface area contributed by atoms with Crippen molar-refractivity contribution in [3.05, 3.63) is 78.0 Å². The van der Waals surface area contributed by atoms with Crippen LogP contribution in [0.4, 0.5) is 4.39 Å². The van der Waals surface area contributed by atoms with Gasteiger partial charge in [0.2, 0.25) is 18.5 Å². The van der Waals surface area contributed by atoms with Crippen molar-refractivity contribution < 1.29 is 27.9 Å². The van der Waals surface area contributed by atoms with Gasteiger partial charge >= 0.3 is 0 Å². The molecule has 12 heteroatoms. The van der Waals surface area contributed by atoms with Crippen LogP contribution in [-0.2, 0) is 22.7 Å². The second-order valence-electron chi connectivity index (χ2n) is 10.1. The molecule has 1 N–H and O–H groups in total. The van der Waals surface area contributed by atoms with Crippen LogP contribution >= 0.6 is 0 Å². The zero-order valence-corrected chi connectivity index (χ0v) is 22.2. The van der Waals surface area contributed by atoms with Crippen molar-refractivity contribution in [2.45, 2.75) is 57.3 Å². The standard InChI is InChI=1S/C29H29FN6O5/c30-22-10-5-4-9-21(22)28-32-34-36(33-28)17-26(37)35(16-19-12-13-23-25(15-19)41-18-40-23)27(24-11-6-14-39-24)29(38)31-20-7-2-1-3-8-20/h4-6,9-15,20,27H,1-3,7-8,16-18H2,(H,31,38)/t27-/m0/s1. The summed E-state index contributed by atoms with van der Waals surface area (Å²) in [7, 11) is 0. The third-order valence-corrected chi connectivity index (χ3v) is 7.28. The smallest absolute Gasteiger partial charge is 0.250 e. The molecule has 1 fully saturated rings. The summed E-state index contributed by atoms with van der Waals surface area (Å²) in [4.78, 5) is 30.3. The molecule has 1 aliphatic carbocycles. The van der Waals surface area contributed by atoms with Crippen LogP contribution in [0.5, 0.6) is 11.5 Å². The van der Waals surface area contributed by atoms with E-state index in [1.807, 2.05) is 6.07 Å². The lowest BCUT2D eigenvalue weighted by Crippen LogP contribution is -2.47. The number of amides is 2. The fourth-order valence-corrected chi connectivity index (χ4v) is 5.23. The zero-order valence-electron chi connectivity index (χ0n) is 22.2. The molecule has 2 amide bonds. The Labute approximate surface area is 235 Å². The maximum atomic E-state index is 14.3. The van der Waals surface area contributed by atoms with Gasteiger partial charge in [0, 0.05) is 12.6 Å². The molecule has 1 aliphatic heterocycles. The van der Waals surface area contributed by atoms with E-state index in [0.29, 0.717) is 17.3 Å². The number of halogens is 1. The van der Waals surface area contributed by atoms with Crippen molar-refractivity contribution >= 4 is 11.8 Å². The molecule has 3 heterocycles. The molecule has 6 rings (SSSR count). The Balaban J connectivity index is 1.30. The first-order valence-electron chi connectivity index (χ1n) is 13.6. The number of aromatic nitrogens is 4. The highest BCUT2D eigenvalue weighted by Crippen LogP contribution is 2.34. The molecule has 4 aromatic rings. The molecule has 2 aromatic carbocycles. The molecule has 0 unspecified atom stereocenters. The summed E-state index contributed by atoms with van der Waals surface area (Å²) in [5, 5.41) is 15.3. The number of nitrogens with zero attached hydrogens (tertiary/aromatic N) is 5. The Morgan fingerprint density at radius 3 is 2.68 bits per heavy atom. The predicted molar refractivity (Wildman–Crippen MR) is 143 cm³/mol. The van der Waals surface area contributed by atoms with Gasteiger partial charge in [0.1, 0.15) is 18.1 Å². The number of furan rings is 1. The number of carbonyl (C=O) groups is 2. The van der Waals surface area contributed by atoms with Crippen LogP contribution < -0.4 is 14.8 Å². The topological polar surface area (TPSA) is 125 Å². The van der Waals surface area contributed by atoms with E-state index < -0.39 is 17.8 Å². The van der Waals surface area contributed by atoms with Crippen molar-refractivity contribution in [1.29, 1.82) is 0 Å². The SMILES string of the molecule is O=C(NC1CCCCC1)[C@H](c1ccco1)N(Cc1ccc2c(c1)OCO2)C(=O)Cn1nnc(-c2ccccc2F)n1. The summed E-state index contributed by atoms with van der Waals surface area (Å²) in [6, 6.07) is 13.7. The Kier molecular flexibility index (Phi) is 7.61. The predicted octanol–water partition coefficient (Wildman–Crippen LogP) is 4.02. The molecule has 41 heavy (non-hydrogen) atoms. The first-order valence-corrected chi connectivity index (χ1v) is 13.6. The minimum atomic E-state index is -1.06. The molecule has 2 aliphatic rings. The summed E-state index contributed by atoms with van der Waals surface area (Å²) in [6.07, 6.45) is 6.46. The number of carbonyl (C=O) groups excluding carboxylic acids is 2. The van der Waals surface area contributed by atoms with Gasteiger partial charge in [0.25, 0.3) is 5.91 Å². The summed E-state index contributed by atoms with van der Waals surface area (Å²) < 4.78 is 30.9. The van der Waals surface area contributed by atoms with E-state index in [1.165, 1.54) is 23.3 Å². The Bertz CT molecular complexity index is 1520. The van der Waals surface area contributed by atoms with Gasteiger partial charge in [-0.25, -0.2) is 4.39 Å². The molecule has 11 nitrogen and oxygen atoms in total. The molecule has 0 radical (unpaired) electrons. The van der Waals surface area contributed by atoms with Crippen LogP contribution in [0, 0.1) is 5.82 Å². The summed E-state index contributed by atoms with van der Waals surface area (Å²) >= 11 is 0. The first-order chi connectivity index (χ1) is 20.0. The normalized spacial score (nSPS) is 15.4. The lowest BCUT2D eigenvalue weighted by atomic mass is 9.95. The minimum Gasteiger partial charge on any atom is -0.467 e. The molecule has 2 aromatic heterocycles. The van der Waals surface area contributed by atoms with Crippen molar-refractivity contribution in [3.63, 3.8) is 0 Å². The van der Waals surface area contributed by atoms with Crippen LogP contribution in [0.2, 0.25) is 0 Å². The molecule has 0 spiro atoms. The third-order valence-electron chi connectivity index (χ3n) is 7.28. The lowest BCUT2D eigenvalue weighted by Gasteiger charge is -2.32. The van der Waals surface area contributed by atoms with Gasteiger partial charge in [-0.15, -0.1) is 10.2 Å². The summed E-state index contributed by atoms with van der Waals surface area (Å²) in [5.74, 6) is 0.252. The number of nitrogens with one attached hydrogen (secondary N) is 1. The number of tetrazole rings is 1. The Morgan fingerprint density at radius 1 is 1.05 bits per heavy atom. The monoisotopic (exact) mass is 560 g/mol. The molecule has 1 atom stereocenters. The van der Waals surface area contributed by atoms with Crippen LogP contribution in [0.1, 0.15) is 49.5 Å². The van der Waals surface area contributed by atoms with Gasteiger partial charge < -0.3 is 24.1 Å². The van der Waals surface area contributed by atoms with Crippen LogP contribution in [0.15, 0.2) is 65.3 Å². The first kappa shape index (κ1) is 26.5. The number of ether oxygens (including phenoxy) is 2. The highest BCUT2D eigenvalue weighted by molar-refractivity contribution is 5.88. The summed E-state index contributed by atoms with van der Waals surface area (Å²) in [6.45, 7) is -0.156. The maximum Gasteiger partial charge on any atom is 0.250 e. The average Bonchev–Trinajstić information content (AvgIpc) is 3.76. The molecule has 0 saturated heterocycles. The molecular weight excluding hydrogens is 531 g/mol. The number of hydrogen-bond donors (Lipinski definition) is 1. The van der Waals surface area contributed by atoms with E-state index in [0.717, 1.165) is 42.5 Å². The third kappa shape index (κ3) is 5.91. The van der Waals surface area contributed by atoms with Crippen molar-refractivity contribution in [2.75, 3.05) is 6.79 Å². The van der Waals surface area contributed by atoms with Gasteiger partial charge in [0.15, 0.2) is 17.5 Å². The number of rotatable bonds is 9. The minimum absolute atomic E-state index is 0.0246. The number of hydrogen-bond acceptors (Lipinski definition) is 8. The number of fused-ring (bicyclic) bond motifs is 1. The van der Waals surface area contributed by atoms with E-state index in [4.69, 9.17) is 13.9 Å². The largest absolute Gasteiger partial charge is 0.467 e. The fourth-order valence-electron chi connectivity index (χ4n) is 5.23. The van der Waals surface area contributed by atoms with Crippen LogP contribution in [0.25, 0.3) is 11.4 Å². The van der Waals surface area contributed by atoms with Gasteiger partial charge in [-0.3, -0.25) is 9.59 Å². The Hall–Kier alpha value is -4.74. The van der Waals surface area contributed by atoms with Crippen LogP contribution in [0.3, 0.4) is 0 Å². The number of benzene rings is 2. The lowest BCUT2D eigenvalue weighted by molar-refractivity contribution is -0.143. The average molecular weight is 561 g/mol. The molecular formula is C29H29FN6O5. The van der Waals surface area contributed by atoms with E-state index in [9.17, 15) is 14.0 Å².